The van der Waals surface area contributed by atoms with E-state index in [0.29, 0.717) is 16.1 Å². The lowest BCUT2D eigenvalue weighted by molar-refractivity contribution is 0.211. The van der Waals surface area contributed by atoms with E-state index in [4.69, 9.17) is 9.47 Å². The van der Waals surface area contributed by atoms with E-state index in [0.717, 1.165) is 24.0 Å². The highest BCUT2D eigenvalue weighted by Gasteiger charge is 2.51. The van der Waals surface area contributed by atoms with Crippen LogP contribution in [0.5, 0.6) is 11.5 Å². The summed E-state index contributed by atoms with van der Waals surface area (Å²) in [6.45, 7) is 2.23. The highest BCUT2D eigenvalue weighted by molar-refractivity contribution is 9.09. The number of ether oxygens (including phenoxy) is 2. The zero-order chi connectivity index (χ0) is 18.1. The van der Waals surface area contributed by atoms with E-state index in [9.17, 15) is 0 Å². The number of rotatable bonds is 6. The second-order valence-electron chi connectivity index (χ2n) is 7.02. The summed E-state index contributed by atoms with van der Waals surface area (Å²) in [4.78, 5) is 4.49. The Labute approximate surface area is 168 Å². The summed E-state index contributed by atoms with van der Waals surface area (Å²) in [5, 5.41) is 0.597. The van der Waals surface area contributed by atoms with Crippen LogP contribution in [0.15, 0.2) is 53.4 Å². The van der Waals surface area contributed by atoms with E-state index >= 15 is 0 Å². The number of thioether (sulfide) groups is 1. The molecule has 0 N–H and O–H groups in total. The fraction of sp³-hybridized carbons (Fsp3) is 0.429. The van der Waals surface area contributed by atoms with E-state index in [-0.39, 0.29) is 0 Å². The number of halogens is 1. The third-order valence-electron chi connectivity index (χ3n) is 5.45. The lowest BCUT2D eigenvalue weighted by Gasteiger charge is -2.33. The minimum atomic E-state index is 0.568. The molecule has 0 unspecified atom stereocenters. The van der Waals surface area contributed by atoms with Gasteiger partial charge in [-0.05, 0) is 36.1 Å². The van der Waals surface area contributed by atoms with Crippen molar-refractivity contribution in [2.24, 2.45) is 5.92 Å². The van der Waals surface area contributed by atoms with Crippen molar-refractivity contribution in [1.29, 1.82) is 0 Å². The van der Waals surface area contributed by atoms with Gasteiger partial charge in [0.15, 0.2) is 11.5 Å². The van der Waals surface area contributed by atoms with E-state index in [1.165, 1.54) is 23.4 Å². The van der Waals surface area contributed by atoms with Gasteiger partial charge in [0.2, 0.25) is 0 Å². The molecule has 3 nitrogen and oxygen atoms in total. The van der Waals surface area contributed by atoms with E-state index < -0.39 is 0 Å². The molecule has 1 saturated carbocycles. The van der Waals surface area contributed by atoms with Crippen LogP contribution in [0.25, 0.3) is 0 Å². The summed E-state index contributed by atoms with van der Waals surface area (Å²) in [7, 11) is 3.37. The molecular weight excluding hydrogens is 410 g/mol. The Bertz CT molecular complexity index is 757. The number of nitrogens with zero attached hydrogens (tertiary/aromatic N) is 1. The van der Waals surface area contributed by atoms with Crippen LogP contribution in [-0.4, -0.2) is 41.8 Å². The van der Waals surface area contributed by atoms with Gasteiger partial charge in [0.1, 0.15) is 0 Å². The number of likely N-dealkylation sites (tertiary alicyclic amines) is 1. The van der Waals surface area contributed by atoms with Crippen molar-refractivity contribution in [2.45, 2.75) is 34.0 Å². The van der Waals surface area contributed by atoms with Crippen LogP contribution in [0, 0.1) is 5.92 Å². The normalized spacial score (nSPS) is 27.7. The largest absolute Gasteiger partial charge is 0.493 e. The van der Waals surface area contributed by atoms with Crippen LogP contribution >= 0.6 is 27.7 Å². The third-order valence-corrected chi connectivity index (χ3v) is 8.04. The highest BCUT2D eigenvalue weighted by atomic mass is 79.9. The molecule has 4 rings (SSSR count). The number of hydrogen-bond acceptors (Lipinski definition) is 4. The van der Waals surface area contributed by atoms with Crippen LogP contribution in [-0.2, 0) is 6.54 Å². The van der Waals surface area contributed by atoms with E-state index in [1.807, 2.05) is 17.8 Å². The second-order valence-corrected chi connectivity index (χ2v) is 9.39. The molecule has 0 amide bonds. The fourth-order valence-electron chi connectivity index (χ4n) is 4.26. The Morgan fingerprint density at radius 2 is 1.85 bits per heavy atom. The van der Waals surface area contributed by atoms with Crippen LogP contribution in [0.4, 0.5) is 0 Å². The van der Waals surface area contributed by atoms with E-state index in [2.05, 4.69) is 63.3 Å². The Hall–Kier alpha value is -1.17. The van der Waals surface area contributed by atoms with Gasteiger partial charge in [0.05, 0.1) is 14.2 Å². The van der Waals surface area contributed by atoms with Crippen LogP contribution in [0.3, 0.4) is 0 Å². The minimum Gasteiger partial charge on any atom is -0.493 e. The first-order chi connectivity index (χ1) is 12.7. The molecule has 4 atom stereocenters. The average molecular weight is 434 g/mol. The predicted molar refractivity (Wildman–Crippen MR) is 111 cm³/mol. The standard InChI is InChI=1S/C21H24BrNO2S/c1-24-17-9-8-16(11-18(17)25-2)26-19-10-15-13-23(21(19)20(15)22)12-14-6-4-3-5-7-14/h3-9,11,15,19-21H,10,12-13H2,1-2H3/t15-,19+,20-,21+/m0/s1. The molecule has 0 spiro atoms. The number of methoxy groups -OCH3 is 2. The number of piperidine rings is 1. The van der Waals surface area contributed by atoms with Crippen molar-refractivity contribution >= 4 is 27.7 Å². The monoisotopic (exact) mass is 433 g/mol. The lowest BCUT2D eigenvalue weighted by Crippen LogP contribution is -2.40. The Balaban J connectivity index is 1.49. The fourth-order valence-corrected chi connectivity index (χ4v) is 7.04. The van der Waals surface area contributed by atoms with Gasteiger partial charge in [-0.1, -0.05) is 46.3 Å². The molecule has 2 aliphatic rings. The van der Waals surface area contributed by atoms with Crippen LogP contribution in [0.2, 0.25) is 0 Å². The van der Waals surface area contributed by atoms with Crippen molar-refractivity contribution in [3.63, 3.8) is 0 Å². The Morgan fingerprint density at radius 1 is 1.08 bits per heavy atom. The summed E-state index contributed by atoms with van der Waals surface area (Å²) in [5.74, 6) is 2.33. The number of alkyl halides is 1. The topological polar surface area (TPSA) is 21.7 Å². The van der Waals surface area contributed by atoms with Gasteiger partial charge in [0, 0.05) is 34.1 Å². The van der Waals surface area contributed by atoms with Crippen molar-refractivity contribution < 1.29 is 9.47 Å². The van der Waals surface area contributed by atoms with Crippen molar-refractivity contribution in [3.8, 4) is 11.5 Å². The quantitative estimate of drug-likeness (QED) is 0.607. The molecule has 5 heteroatoms. The Kier molecular flexibility index (Phi) is 5.48. The summed E-state index contributed by atoms with van der Waals surface area (Å²) in [5.41, 5.74) is 1.40. The number of benzene rings is 2. The molecule has 0 radical (unpaired) electrons. The second kappa shape index (κ2) is 7.83. The number of fused-ring (bicyclic) bond motifs is 2. The molecule has 2 fully saturated rings. The molecule has 1 heterocycles. The van der Waals surface area contributed by atoms with Crippen molar-refractivity contribution in [3.05, 3.63) is 54.1 Å². The predicted octanol–water partition coefficient (Wildman–Crippen LogP) is 4.83. The van der Waals surface area contributed by atoms with Gasteiger partial charge in [-0.3, -0.25) is 4.90 Å². The maximum atomic E-state index is 5.47. The first-order valence-corrected chi connectivity index (χ1v) is 10.8. The molecule has 2 aromatic carbocycles. The molecule has 1 aliphatic heterocycles. The lowest BCUT2D eigenvalue weighted by atomic mass is 10.1. The molecule has 2 aromatic rings. The maximum Gasteiger partial charge on any atom is 0.161 e. The minimum absolute atomic E-state index is 0.568. The smallest absolute Gasteiger partial charge is 0.161 e. The van der Waals surface area contributed by atoms with Gasteiger partial charge >= 0.3 is 0 Å². The third kappa shape index (κ3) is 3.49. The molecule has 1 aliphatic carbocycles. The van der Waals surface area contributed by atoms with Crippen LogP contribution in [0.1, 0.15) is 12.0 Å². The molecular formula is C21H24BrNO2S. The van der Waals surface area contributed by atoms with E-state index in [1.54, 1.807) is 14.2 Å². The van der Waals surface area contributed by atoms with Crippen LogP contribution < -0.4 is 9.47 Å². The summed E-state index contributed by atoms with van der Waals surface area (Å²) < 4.78 is 10.8. The highest BCUT2D eigenvalue weighted by Crippen LogP contribution is 2.49. The first-order valence-electron chi connectivity index (χ1n) is 9.00. The molecule has 26 heavy (non-hydrogen) atoms. The zero-order valence-corrected chi connectivity index (χ0v) is 17.5. The van der Waals surface area contributed by atoms with Gasteiger partial charge in [0.25, 0.3) is 0 Å². The maximum absolute atomic E-state index is 5.47. The summed E-state index contributed by atoms with van der Waals surface area (Å²) in [6.07, 6.45) is 1.27. The van der Waals surface area contributed by atoms with Gasteiger partial charge < -0.3 is 9.47 Å². The van der Waals surface area contributed by atoms with Gasteiger partial charge in [-0.2, -0.15) is 0 Å². The first kappa shape index (κ1) is 18.2. The molecule has 2 bridgehead atoms. The van der Waals surface area contributed by atoms with Gasteiger partial charge in [-0.25, -0.2) is 0 Å². The summed E-state index contributed by atoms with van der Waals surface area (Å²) >= 11 is 5.96. The van der Waals surface area contributed by atoms with Gasteiger partial charge in [-0.15, -0.1) is 11.8 Å². The molecule has 1 saturated heterocycles. The average Bonchev–Trinajstić information content (AvgIpc) is 3.13. The number of hydrogen-bond donors (Lipinski definition) is 0. The Morgan fingerprint density at radius 3 is 2.54 bits per heavy atom. The molecule has 0 aromatic heterocycles. The molecule has 138 valence electrons. The zero-order valence-electron chi connectivity index (χ0n) is 15.1. The van der Waals surface area contributed by atoms with Crippen molar-refractivity contribution in [2.75, 3.05) is 20.8 Å². The SMILES string of the molecule is COc1ccc(S[C@@H]2C[C@H]3CN(Cc4ccccc4)[C@H]2[C@H]3Br)cc1OC. The van der Waals surface area contributed by atoms with Crippen molar-refractivity contribution in [1.82, 2.24) is 4.90 Å². The summed E-state index contributed by atoms with van der Waals surface area (Å²) in [6, 6.07) is 17.6.